The van der Waals surface area contributed by atoms with E-state index in [2.05, 4.69) is 6.07 Å². The van der Waals surface area contributed by atoms with E-state index in [0.717, 1.165) is 31.6 Å². The SMILES string of the molecule is N#Cc1ccc(OCCCS(=O)CC2CCCO2)cc1. The second-order valence-electron chi connectivity index (χ2n) is 4.78. The number of benzene rings is 1. The first-order chi connectivity index (χ1) is 9.78. The molecule has 0 radical (unpaired) electrons. The van der Waals surface area contributed by atoms with Crippen molar-refractivity contribution >= 4 is 10.8 Å². The van der Waals surface area contributed by atoms with E-state index in [1.165, 1.54) is 0 Å². The Labute approximate surface area is 122 Å². The van der Waals surface area contributed by atoms with Crippen molar-refractivity contribution in [2.75, 3.05) is 24.7 Å². The zero-order valence-electron chi connectivity index (χ0n) is 11.4. The first kappa shape index (κ1) is 15.0. The Bertz CT molecular complexity index is 475. The Morgan fingerprint density at radius 2 is 2.20 bits per heavy atom. The monoisotopic (exact) mass is 293 g/mol. The largest absolute Gasteiger partial charge is 0.494 e. The van der Waals surface area contributed by atoms with Gasteiger partial charge in [0.1, 0.15) is 5.75 Å². The molecule has 1 saturated heterocycles. The minimum absolute atomic E-state index is 0.190. The number of nitriles is 1. The van der Waals surface area contributed by atoms with Crippen molar-refractivity contribution in [2.24, 2.45) is 0 Å². The van der Waals surface area contributed by atoms with Gasteiger partial charge in [-0.25, -0.2) is 0 Å². The van der Waals surface area contributed by atoms with E-state index in [1.807, 2.05) is 0 Å². The van der Waals surface area contributed by atoms with Crippen LogP contribution in [0, 0.1) is 11.3 Å². The molecule has 2 unspecified atom stereocenters. The van der Waals surface area contributed by atoms with Crippen molar-refractivity contribution in [2.45, 2.75) is 25.4 Å². The standard InChI is InChI=1S/C15H19NO3S/c16-11-13-4-6-14(7-5-13)18-9-2-10-20(17)12-15-3-1-8-19-15/h4-7,15H,1-3,8-10,12H2. The van der Waals surface area contributed by atoms with Gasteiger partial charge in [0.2, 0.25) is 0 Å². The molecule has 1 aromatic rings. The van der Waals surface area contributed by atoms with Gasteiger partial charge in [-0.15, -0.1) is 0 Å². The van der Waals surface area contributed by atoms with Crippen molar-refractivity contribution in [3.63, 3.8) is 0 Å². The summed E-state index contributed by atoms with van der Waals surface area (Å²) in [5.41, 5.74) is 0.620. The van der Waals surface area contributed by atoms with Gasteiger partial charge in [0.05, 0.1) is 24.3 Å². The van der Waals surface area contributed by atoms with Gasteiger partial charge in [-0.05, 0) is 43.5 Å². The summed E-state index contributed by atoms with van der Waals surface area (Å²) in [6.07, 6.45) is 3.08. The van der Waals surface area contributed by atoms with Crippen LogP contribution in [0.25, 0.3) is 0 Å². The molecular formula is C15H19NO3S. The second-order valence-corrected chi connectivity index (χ2v) is 6.41. The molecule has 0 aromatic heterocycles. The van der Waals surface area contributed by atoms with Crippen LogP contribution >= 0.6 is 0 Å². The van der Waals surface area contributed by atoms with E-state index in [4.69, 9.17) is 14.7 Å². The molecule has 0 N–H and O–H groups in total. The van der Waals surface area contributed by atoms with E-state index in [1.54, 1.807) is 24.3 Å². The van der Waals surface area contributed by atoms with Crippen molar-refractivity contribution in [3.8, 4) is 11.8 Å². The third kappa shape index (κ3) is 4.95. The molecule has 2 rings (SSSR count). The fraction of sp³-hybridized carbons (Fsp3) is 0.533. The van der Waals surface area contributed by atoms with Crippen LogP contribution in [0.2, 0.25) is 0 Å². The van der Waals surface area contributed by atoms with E-state index < -0.39 is 10.8 Å². The first-order valence-electron chi connectivity index (χ1n) is 6.87. The van der Waals surface area contributed by atoms with Crippen molar-refractivity contribution in [1.29, 1.82) is 5.26 Å². The molecule has 0 amide bonds. The Morgan fingerprint density at radius 3 is 2.85 bits per heavy atom. The number of rotatable bonds is 7. The second kappa shape index (κ2) is 8.03. The molecule has 1 heterocycles. The highest BCUT2D eigenvalue weighted by Gasteiger charge is 2.17. The average Bonchev–Trinajstić information content (AvgIpc) is 2.97. The molecule has 1 fully saturated rings. The van der Waals surface area contributed by atoms with Crippen LogP contribution < -0.4 is 4.74 Å². The van der Waals surface area contributed by atoms with Gasteiger partial charge in [0.15, 0.2) is 0 Å². The maximum Gasteiger partial charge on any atom is 0.119 e. The van der Waals surface area contributed by atoms with E-state index in [9.17, 15) is 4.21 Å². The molecule has 20 heavy (non-hydrogen) atoms. The predicted octanol–water partition coefficient (Wildman–Crippen LogP) is 2.25. The predicted molar refractivity (Wildman–Crippen MR) is 78.1 cm³/mol. The smallest absolute Gasteiger partial charge is 0.119 e. The highest BCUT2D eigenvalue weighted by molar-refractivity contribution is 7.85. The lowest BCUT2D eigenvalue weighted by Gasteiger charge is -2.09. The van der Waals surface area contributed by atoms with Gasteiger partial charge in [-0.1, -0.05) is 0 Å². The van der Waals surface area contributed by atoms with Crippen LogP contribution in [0.1, 0.15) is 24.8 Å². The van der Waals surface area contributed by atoms with Gasteiger partial charge in [0, 0.05) is 28.9 Å². The molecule has 1 aliphatic heterocycles. The van der Waals surface area contributed by atoms with E-state index in [0.29, 0.717) is 23.7 Å². The Kier molecular flexibility index (Phi) is 6.03. The molecule has 1 aromatic carbocycles. The van der Waals surface area contributed by atoms with E-state index >= 15 is 0 Å². The Hall–Kier alpha value is -1.38. The maximum absolute atomic E-state index is 11.8. The lowest BCUT2D eigenvalue weighted by atomic mass is 10.2. The summed E-state index contributed by atoms with van der Waals surface area (Å²) in [4.78, 5) is 0. The molecule has 0 bridgehead atoms. The molecule has 0 aliphatic carbocycles. The van der Waals surface area contributed by atoms with Gasteiger partial charge in [0.25, 0.3) is 0 Å². The summed E-state index contributed by atoms with van der Waals surface area (Å²) < 4.78 is 22.9. The van der Waals surface area contributed by atoms with Gasteiger partial charge in [-0.2, -0.15) is 5.26 Å². The molecule has 4 nitrogen and oxygen atoms in total. The molecular weight excluding hydrogens is 274 g/mol. The molecule has 0 saturated carbocycles. The van der Waals surface area contributed by atoms with Crippen molar-refractivity contribution in [3.05, 3.63) is 29.8 Å². The quantitative estimate of drug-likeness (QED) is 0.724. The molecule has 1 aliphatic rings. The normalized spacial score (nSPS) is 19.4. The summed E-state index contributed by atoms with van der Waals surface area (Å²) in [5.74, 6) is 2.04. The fourth-order valence-corrected chi connectivity index (χ4v) is 3.39. The average molecular weight is 293 g/mol. The summed E-state index contributed by atoms with van der Waals surface area (Å²) >= 11 is 0. The number of nitrogens with zero attached hydrogens (tertiary/aromatic N) is 1. The van der Waals surface area contributed by atoms with Crippen LogP contribution in [-0.2, 0) is 15.5 Å². The number of hydrogen-bond donors (Lipinski definition) is 0. The number of ether oxygens (including phenoxy) is 2. The van der Waals surface area contributed by atoms with Gasteiger partial charge in [-0.3, -0.25) is 4.21 Å². The summed E-state index contributed by atoms with van der Waals surface area (Å²) in [6, 6.07) is 9.08. The maximum atomic E-state index is 11.8. The van der Waals surface area contributed by atoms with Gasteiger partial charge >= 0.3 is 0 Å². The third-order valence-corrected chi connectivity index (χ3v) is 4.65. The van der Waals surface area contributed by atoms with Crippen LogP contribution in [0.5, 0.6) is 5.75 Å². The zero-order chi connectivity index (χ0) is 14.2. The lowest BCUT2D eigenvalue weighted by molar-refractivity contribution is 0.128. The molecule has 5 heteroatoms. The molecule has 108 valence electrons. The highest BCUT2D eigenvalue weighted by Crippen LogP contribution is 2.14. The third-order valence-electron chi connectivity index (χ3n) is 3.16. The molecule has 0 spiro atoms. The zero-order valence-corrected chi connectivity index (χ0v) is 12.2. The fourth-order valence-electron chi connectivity index (χ4n) is 2.10. The Morgan fingerprint density at radius 1 is 1.40 bits per heavy atom. The minimum Gasteiger partial charge on any atom is -0.494 e. The Balaban J connectivity index is 1.60. The lowest BCUT2D eigenvalue weighted by Crippen LogP contribution is -2.18. The summed E-state index contributed by atoms with van der Waals surface area (Å²) in [5, 5.41) is 8.69. The molecule has 2 atom stereocenters. The first-order valence-corrected chi connectivity index (χ1v) is 8.36. The summed E-state index contributed by atoms with van der Waals surface area (Å²) in [7, 11) is -0.821. The minimum atomic E-state index is -0.821. The highest BCUT2D eigenvalue weighted by atomic mass is 32.2. The van der Waals surface area contributed by atoms with Crippen molar-refractivity contribution in [1.82, 2.24) is 0 Å². The van der Waals surface area contributed by atoms with Crippen LogP contribution in [0.3, 0.4) is 0 Å². The van der Waals surface area contributed by atoms with Gasteiger partial charge < -0.3 is 9.47 Å². The van der Waals surface area contributed by atoms with Crippen LogP contribution in [-0.4, -0.2) is 35.0 Å². The summed E-state index contributed by atoms with van der Waals surface area (Å²) in [6.45, 7) is 1.35. The number of hydrogen-bond acceptors (Lipinski definition) is 4. The van der Waals surface area contributed by atoms with E-state index in [-0.39, 0.29) is 6.10 Å². The van der Waals surface area contributed by atoms with Crippen LogP contribution in [0.15, 0.2) is 24.3 Å². The topological polar surface area (TPSA) is 59.3 Å². The van der Waals surface area contributed by atoms with Crippen molar-refractivity contribution < 1.29 is 13.7 Å². The van der Waals surface area contributed by atoms with Crippen LogP contribution in [0.4, 0.5) is 0 Å².